The van der Waals surface area contributed by atoms with Gasteiger partial charge in [0.2, 0.25) is 5.82 Å². The zero-order valence-electron chi connectivity index (χ0n) is 13.0. The van der Waals surface area contributed by atoms with Crippen molar-refractivity contribution >= 4 is 5.82 Å². The van der Waals surface area contributed by atoms with Gasteiger partial charge in [-0.25, -0.2) is 4.68 Å². The molecule has 0 amide bonds. The molecule has 3 nitrogen and oxygen atoms in total. The summed E-state index contributed by atoms with van der Waals surface area (Å²) in [4.78, 5) is 2.19. The van der Waals surface area contributed by atoms with Crippen molar-refractivity contribution in [1.29, 1.82) is 0 Å². The standard InChI is InChI=1S/C17H23FN3/c1-13-8-7-11-21(12-13)17-15(18)16(19(2)20(17)3)14-9-5-4-6-10-14/h4-6,9-10,13H,7-8,11-12H2,1-3H3/q+1. The topological polar surface area (TPSA) is 12.1 Å². The van der Waals surface area contributed by atoms with Crippen LogP contribution in [0.1, 0.15) is 19.8 Å². The molecule has 1 fully saturated rings. The Morgan fingerprint density at radius 1 is 1.24 bits per heavy atom. The van der Waals surface area contributed by atoms with Crippen LogP contribution >= 0.6 is 0 Å². The summed E-state index contributed by atoms with van der Waals surface area (Å²) in [5, 5.41) is 0. The Bertz CT molecular complexity index is 633. The number of nitrogens with zero attached hydrogens (tertiary/aromatic N) is 3. The first-order chi connectivity index (χ1) is 10.1. The van der Waals surface area contributed by atoms with Crippen LogP contribution in [0.15, 0.2) is 30.3 Å². The van der Waals surface area contributed by atoms with E-state index in [1.807, 2.05) is 53.8 Å². The first-order valence-corrected chi connectivity index (χ1v) is 7.64. The van der Waals surface area contributed by atoms with Crippen molar-refractivity contribution in [2.75, 3.05) is 18.0 Å². The SMILES string of the molecule is CC1CCCN(c2c(F)c(-c3ccccc3)n(C)[n+]2C)C1. The number of halogens is 1. The molecule has 0 saturated carbocycles. The van der Waals surface area contributed by atoms with Crippen LogP contribution < -0.4 is 9.58 Å². The molecule has 0 aliphatic carbocycles. The smallest absolute Gasteiger partial charge is 0.257 e. The maximum absolute atomic E-state index is 15.1. The van der Waals surface area contributed by atoms with Gasteiger partial charge in [0.05, 0.1) is 13.1 Å². The van der Waals surface area contributed by atoms with Gasteiger partial charge in [0, 0.05) is 12.6 Å². The molecular weight excluding hydrogens is 265 g/mol. The average Bonchev–Trinajstić information content (AvgIpc) is 2.70. The minimum Gasteiger partial charge on any atom is -0.257 e. The largest absolute Gasteiger partial charge is 0.334 e. The Balaban J connectivity index is 2.07. The molecule has 2 aromatic rings. The second kappa shape index (κ2) is 5.51. The van der Waals surface area contributed by atoms with Crippen molar-refractivity contribution in [2.24, 2.45) is 20.0 Å². The van der Waals surface area contributed by atoms with Crippen LogP contribution in [0.3, 0.4) is 0 Å². The second-order valence-corrected chi connectivity index (χ2v) is 6.09. The summed E-state index contributed by atoms with van der Waals surface area (Å²) in [6.45, 7) is 4.11. The summed E-state index contributed by atoms with van der Waals surface area (Å²) < 4.78 is 18.9. The number of piperidine rings is 1. The third-order valence-corrected chi connectivity index (χ3v) is 4.49. The number of anilines is 1. The van der Waals surface area contributed by atoms with Crippen LogP contribution in [0.25, 0.3) is 11.3 Å². The number of rotatable bonds is 2. The zero-order valence-corrected chi connectivity index (χ0v) is 13.0. The highest BCUT2D eigenvalue weighted by Crippen LogP contribution is 2.30. The fourth-order valence-corrected chi connectivity index (χ4v) is 3.32. The molecule has 21 heavy (non-hydrogen) atoms. The number of hydrogen-bond acceptors (Lipinski definition) is 1. The van der Waals surface area contributed by atoms with Gasteiger partial charge in [-0.3, -0.25) is 4.90 Å². The van der Waals surface area contributed by atoms with Crippen molar-refractivity contribution in [2.45, 2.75) is 19.8 Å². The van der Waals surface area contributed by atoms with Crippen molar-refractivity contribution in [3.63, 3.8) is 0 Å². The Labute approximate surface area is 125 Å². The lowest BCUT2D eigenvalue weighted by molar-refractivity contribution is -0.739. The average molecular weight is 288 g/mol. The Hall–Kier alpha value is -1.84. The second-order valence-electron chi connectivity index (χ2n) is 6.09. The Morgan fingerprint density at radius 3 is 2.62 bits per heavy atom. The lowest BCUT2D eigenvalue weighted by Crippen LogP contribution is -2.46. The fourth-order valence-electron chi connectivity index (χ4n) is 3.32. The highest BCUT2D eigenvalue weighted by molar-refractivity contribution is 5.63. The van der Waals surface area contributed by atoms with E-state index < -0.39 is 0 Å². The molecule has 1 aliphatic heterocycles. The maximum atomic E-state index is 15.1. The number of aromatic nitrogens is 2. The molecule has 112 valence electrons. The molecule has 1 aliphatic rings. The van der Waals surface area contributed by atoms with E-state index in [1.54, 1.807) is 0 Å². The van der Waals surface area contributed by atoms with Crippen LogP contribution in [0, 0.1) is 11.7 Å². The van der Waals surface area contributed by atoms with Gasteiger partial charge in [0.1, 0.15) is 12.7 Å². The fraction of sp³-hybridized carbons (Fsp3) is 0.471. The van der Waals surface area contributed by atoms with E-state index in [4.69, 9.17) is 0 Å². The molecule has 1 aromatic carbocycles. The van der Waals surface area contributed by atoms with E-state index in [1.165, 1.54) is 6.42 Å². The molecule has 1 saturated heterocycles. The predicted octanol–water partition coefficient (Wildman–Crippen LogP) is 2.89. The van der Waals surface area contributed by atoms with Crippen LogP contribution in [0.2, 0.25) is 0 Å². The third kappa shape index (κ3) is 2.43. The van der Waals surface area contributed by atoms with Gasteiger partial charge in [-0.05, 0) is 18.8 Å². The molecule has 1 unspecified atom stereocenters. The summed E-state index contributed by atoms with van der Waals surface area (Å²) in [5.41, 5.74) is 1.58. The van der Waals surface area contributed by atoms with Gasteiger partial charge in [0.15, 0.2) is 0 Å². The van der Waals surface area contributed by atoms with Gasteiger partial charge < -0.3 is 0 Å². The minimum atomic E-state index is -0.111. The van der Waals surface area contributed by atoms with Crippen LogP contribution in [-0.2, 0) is 14.1 Å². The van der Waals surface area contributed by atoms with Gasteiger partial charge in [-0.2, -0.15) is 9.07 Å². The van der Waals surface area contributed by atoms with Crippen molar-refractivity contribution in [3.05, 3.63) is 36.1 Å². The van der Waals surface area contributed by atoms with E-state index in [9.17, 15) is 0 Å². The molecule has 0 radical (unpaired) electrons. The molecule has 2 heterocycles. The molecule has 0 N–H and O–H groups in total. The van der Waals surface area contributed by atoms with Gasteiger partial charge >= 0.3 is 5.82 Å². The zero-order chi connectivity index (χ0) is 15.0. The maximum Gasteiger partial charge on any atom is 0.334 e. The van der Waals surface area contributed by atoms with Gasteiger partial charge in [0.25, 0.3) is 0 Å². The monoisotopic (exact) mass is 288 g/mol. The van der Waals surface area contributed by atoms with E-state index >= 15 is 4.39 Å². The van der Waals surface area contributed by atoms with E-state index in [0.717, 1.165) is 25.1 Å². The number of benzene rings is 1. The molecular formula is C17H23FN3+. The summed E-state index contributed by atoms with van der Waals surface area (Å²) in [7, 11) is 3.85. The minimum absolute atomic E-state index is 0.111. The molecule has 0 spiro atoms. The Kier molecular flexibility index (Phi) is 3.70. The highest BCUT2D eigenvalue weighted by Gasteiger charge is 2.34. The lowest BCUT2D eigenvalue weighted by Gasteiger charge is -2.25. The van der Waals surface area contributed by atoms with Gasteiger partial charge in [-0.1, -0.05) is 37.3 Å². The summed E-state index contributed by atoms with van der Waals surface area (Å²) in [6, 6.07) is 9.77. The lowest BCUT2D eigenvalue weighted by atomic mass is 10.0. The van der Waals surface area contributed by atoms with Crippen LogP contribution in [-0.4, -0.2) is 17.8 Å². The van der Waals surface area contributed by atoms with E-state index in [0.29, 0.717) is 17.4 Å². The van der Waals surface area contributed by atoms with Crippen molar-refractivity contribution < 1.29 is 9.07 Å². The molecule has 0 bridgehead atoms. The Morgan fingerprint density at radius 2 is 1.95 bits per heavy atom. The summed E-state index contributed by atoms with van der Waals surface area (Å²) in [6.07, 6.45) is 2.37. The quantitative estimate of drug-likeness (QED) is 0.774. The first kappa shape index (κ1) is 14.1. The van der Waals surface area contributed by atoms with E-state index in [2.05, 4.69) is 11.8 Å². The first-order valence-electron chi connectivity index (χ1n) is 7.64. The highest BCUT2D eigenvalue weighted by atomic mass is 19.1. The summed E-state index contributed by atoms with van der Waals surface area (Å²) in [5.74, 6) is 1.22. The van der Waals surface area contributed by atoms with Crippen molar-refractivity contribution in [3.8, 4) is 11.3 Å². The van der Waals surface area contributed by atoms with Gasteiger partial charge in [-0.15, -0.1) is 0 Å². The molecule has 4 heteroatoms. The number of hydrogen-bond donors (Lipinski definition) is 0. The van der Waals surface area contributed by atoms with Crippen molar-refractivity contribution in [1.82, 2.24) is 4.68 Å². The molecule has 3 rings (SSSR count). The predicted molar refractivity (Wildman–Crippen MR) is 82.6 cm³/mol. The van der Waals surface area contributed by atoms with E-state index in [-0.39, 0.29) is 5.82 Å². The van der Waals surface area contributed by atoms with Crippen LogP contribution in [0.5, 0.6) is 0 Å². The normalized spacial score (nSPS) is 19.0. The molecule has 1 aromatic heterocycles. The third-order valence-electron chi connectivity index (χ3n) is 4.49. The summed E-state index contributed by atoms with van der Waals surface area (Å²) >= 11 is 0. The molecule has 1 atom stereocenters. The van der Waals surface area contributed by atoms with Crippen LogP contribution in [0.4, 0.5) is 10.2 Å².